The van der Waals surface area contributed by atoms with Crippen LogP contribution >= 0.6 is 0 Å². The average Bonchev–Trinajstić information content (AvgIpc) is 3.09. The van der Waals surface area contributed by atoms with E-state index in [1.807, 2.05) is 97.3 Å². The van der Waals surface area contributed by atoms with Gasteiger partial charge in [0.25, 0.3) is 0 Å². The van der Waals surface area contributed by atoms with E-state index in [0.717, 1.165) is 61.9 Å². The number of rotatable bonds is 9. The first-order chi connectivity index (χ1) is 21.3. The van der Waals surface area contributed by atoms with Crippen molar-refractivity contribution < 1.29 is 0 Å². The van der Waals surface area contributed by atoms with Gasteiger partial charge in [-0.25, -0.2) is 9.97 Å². The first-order valence-electron chi connectivity index (χ1n) is 13.9. The fourth-order valence-corrected chi connectivity index (χ4v) is 4.76. The molecule has 0 saturated carbocycles. The summed E-state index contributed by atoms with van der Waals surface area (Å²) < 4.78 is 0. The van der Waals surface area contributed by atoms with Crippen molar-refractivity contribution in [2.75, 3.05) is 0 Å². The molecule has 6 aromatic rings. The van der Waals surface area contributed by atoms with Crippen molar-refractivity contribution in [1.29, 1.82) is 0 Å². The summed E-state index contributed by atoms with van der Waals surface area (Å²) in [5, 5.41) is 0. The number of allylic oxidation sites excluding steroid dienone is 3. The molecule has 0 aliphatic carbocycles. The third kappa shape index (κ3) is 6.72. The summed E-state index contributed by atoms with van der Waals surface area (Å²) in [6, 6.07) is 30.4. The monoisotopic (exact) mass is 556 g/mol. The van der Waals surface area contributed by atoms with Gasteiger partial charge in [-0.3, -0.25) is 19.9 Å². The summed E-state index contributed by atoms with van der Waals surface area (Å²) in [4.78, 5) is 26.9. The molecule has 43 heavy (non-hydrogen) atoms. The Morgan fingerprint density at radius 2 is 1.14 bits per heavy atom. The van der Waals surface area contributed by atoms with Crippen LogP contribution < -0.4 is 0 Å². The second-order valence-electron chi connectivity index (χ2n) is 9.80. The molecule has 6 rings (SSSR count). The fraction of sp³-hybridized carbons (Fsp3) is 0.0270. The normalized spacial score (nSPS) is 11.5. The van der Waals surface area contributed by atoms with E-state index in [1.54, 1.807) is 24.8 Å². The molecule has 0 aliphatic heterocycles. The topological polar surface area (TPSA) is 76.8 Å². The van der Waals surface area contributed by atoms with Gasteiger partial charge in [0.2, 0.25) is 0 Å². The maximum absolute atomic E-state index is 5.00. The van der Waals surface area contributed by atoms with Crippen molar-refractivity contribution in [3.05, 3.63) is 158 Å². The molecule has 0 unspecified atom stereocenters. The molecular formula is C37H28N6. The lowest BCUT2D eigenvalue weighted by Gasteiger charge is -2.11. The number of aromatic nitrogens is 5. The Balaban J connectivity index is 1.38. The van der Waals surface area contributed by atoms with Crippen molar-refractivity contribution in [3.8, 4) is 45.0 Å². The minimum Gasteiger partial charge on any atom is -0.264 e. The van der Waals surface area contributed by atoms with Gasteiger partial charge in [-0.15, -0.1) is 0 Å². The molecule has 5 heterocycles. The lowest BCUT2D eigenvalue weighted by atomic mass is 9.98. The van der Waals surface area contributed by atoms with Crippen LogP contribution in [0.2, 0.25) is 0 Å². The maximum Gasteiger partial charge on any atom is 0.0725 e. The Kier molecular flexibility index (Phi) is 8.37. The molecule has 0 fully saturated rings. The van der Waals surface area contributed by atoms with Gasteiger partial charge in [-0.05, 0) is 104 Å². The van der Waals surface area contributed by atoms with Gasteiger partial charge in [-0.1, -0.05) is 24.3 Å². The number of pyridine rings is 5. The molecule has 1 aromatic carbocycles. The van der Waals surface area contributed by atoms with Gasteiger partial charge in [0.15, 0.2) is 0 Å². The second kappa shape index (κ2) is 13.2. The highest BCUT2D eigenvalue weighted by atomic mass is 14.7. The van der Waals surface area contributed by atoms with Crippen LogP contribution in [0, 0.1) is 0 Å². The Labute approximate surface area is 251 Å². The van der Waals surface area contributed by atoms with Gasteiger partial charge in [0.1, 0.15) is 0 Å². The van der Waals surface area contributed by atoms with Crippen molar-refractivity contribution in [1.82, 2.24) is 24.9 Å². The van der Waals surface area contributed by atoms with E-state index in [2.05, 4.69) is 50.9 Å². The largest absolute Gasteiger partial charge is 0.264 e. The Morgan fingerprint density at radius 3 is 1.63 bits per heavy atom. The SMILES string of the molecule is C=N/C(=C\C=C/Cc1cc(-c2cccc(-c3cccnc3)n2)cc(-c2cccc(-c3cccnc3)n2)c1)c1cccnc1. The van der Waals surface area contributed by atoms with E-state index in [9.17, 15) is 0 Å². The van der Waals surface area contributed by atoms with Gasteiger partial charge < -0.3 is 0 Å². The van der Waals surface area contributed by atoms with Crippen LogP contribution in [0.3, 0.4) is 0 Å². The summed E-state index contributed by atoms with van der Waals surface area (Å²) in [6.45, 7) is 3.72. The predicted molar refractivity (Wildman–Crippen MR) is 174 cm³/mol. The van der Waals surface area contributed by atoms with Crippen LogP contribution in [0.5, 0.6) is 0 Å². The smallest absolute Gasteiger partial charge is 0.0725 e. The van der Waals surface area contributed by atoms with Crippen molar-refractivity contribution in [2.24, 2.45) is 4.99 Å². The van der Waals surface area contributed by atoms with Gasteiger partial charge in [0.05, 0.1) is 28.5 Å². The number of hydrogen-bond donors (Lipinski definition) is 0. The highest BCUT2D eigenvalue weighted by Gasteiger charge is 2.10. The van der Waals surface area contributed by atoms with Crippen LogP contribution in [0.1, 0.15) is 11.1 Å². The summed E-state index contributed by atoms with van der Waals surface area (Å²) in [5.74, 6) is 0. The molecule has 0 atom stereocenters. The summed E-state index contributed by atoms with van der Waals surface area (Å²) in [6.07, 6.45) is 17.5. The predicted octanol–water partition coefficient (Wildman–Crippen LogP) is 8.17. The zero-order chi connectivity index (χ0) is 29.3. The summed E-state index contributed by atoms with van der Waals surface area (Å²) >= 11 is 0. The van der Waals surface area contributed by atoms with Gasteiger partial charge >= 0.3 is 0 Å². The first kappa shape index (κ1) is 27.3. The Morgan fingerprint density at radius 1 is 0.605 bits per heavy atom. The number of nitrogens with zero attached hydrogens (tertiary/aromatic N) is 6. The first-order valence-corrected chi connectivity index (χ1v) is 13.9. The summed E-state index contributed by atoms with van der Waals surface area (Å²) in [7, 11) is 0. The van der Waals surface area contributed by atoms with E-state index in [-0.39, 0.29) is 0 Å². The van der Waals surface area contributed by atoms with Crippen molar-refractivity contribution >= 4 is 12.4 Å². The molecule has 0 saturated heterocycles. The number of aliphatic imine (C=N–C) groups is 1. The fourth-order valence-electron chi connectivity index (χ4n) is 4.76. The maximum atomic E-state index is 5.00. The molecule has 0 aliphatic rings. The molecular weight excluding hydrogens is 528 g/mol. The zero-order valence-corrected chi connectivity index (χ0v) is 23.5. The van der Waals surface area contributed by atoms with Crippen LogP contribution in [-0.4, -0.2) is 31.6 Å². The molecule has 6 nitrogen and oxygen atoms in total. The highest BCUT2D eigenvalue weighted by Crippen LogP contribution is 2.30. The van der Waals surface area contributed by atoms with E-state index >= 15 is 0 Å². The van der Waals surface area contributed by atoms with Gasteiger partial charge in [-0.2, -0.15) is 0 Å². The average molecular weight is 557 g/mol. The lowest BCUT2D eigenvalue weighted by molar-refractivity contribution is 1.24. The minimum atomic E-state index is 0.708. The summed E-state index contributed by atoms with van der Waals surface area (Å²) in [5.41, 5.74) is 10.3. The Bertz CT molecular complexity index is 1800. The van der Waals surface area contributed by atoms with E-state index in [4.69, 9.17) is 9.97 Å². The lowest BCUT2D eigenvalue weighted by Crippen LogP contribution is -1.93. The zero-order valence-electron chi connectivity index (χ0n) is 23.5. The van der Waals surface area contributed by atoms with E-state index < -0.39 is 0 Å². The Hall–Kier alpha value is -5.88. The minimum absolute atomic E-state index is 0.708. The molecule has 206 valence electrons. The molecule has 6 heteroatoms. The van der Waals surface area contributed by atoms with Crippen molar-refractivity contribution in [2.45, 2.75) is 6.42 Å². The molecule has 0 spiro atoms. The van der Waals surface area contributed by atoms with E-state index in [1.165, 1.54) is 0 Å². The third-order valence-electron chi connectivity index (χ3n) is 6.87. The molecule has 0 bridgehead atoms. The number of benzene rings is 1. The van der Waals surface area contributed by atoms with Crippen LogP contribution in [0.15, 0.2) is 151 Å². The second-order valence-corrected chi connectivity index (χ2v) is 9.80. The third-order valence-corrected chi connectivity index (χ3v) is 6.87. The molecule has 0 radical (unpaired) electrons. The standard InChI is InChI=1S/C37H28N6/c1-38-33(28-10-6-18-39-24-28)13-3-2-9-27-21-31(36-16-4-14-34(42-36)29-11-7-19-40-25-29)23-32(22-27)37-17-5-15-35(43-37)30-12-8-20-41-26-30/h2-8,10-26H,1,9H2/b3-2-,33-13-. The number of hydrogen-bond acceptors (Lipinski definition) is 6. The van der Waals surface area contributed by atoms with Gasteiger partial charge in [0, 0.05) is 65.0 Å². The molecule has 0 amide bonds. The van der Waals surface area contributed by atoms with Crippen molar-refractivity contribution in [3.63, 3.8) is 0 Å². The quantitative estimate of drug-likeness (QED) is 0.133. The van der Waals surface area contributed by atoms with Crippen LogP contribution in [-0.2, 0) is 6.42 Å². The van der Waals surface area contributed by atoms with E-state index in [0.29, 0.717) is 6.42 Å². The van der Waals surface area contributed by atoms with Crippen LogP contribution in [0.4, 0.5) is 0 Å². The molecule has 0 N–H and O–H groups in total. The molecule has 5 aromatic heterocycles. The van der Waals surface area contributed by atoms with Crippen LogP contribution in [0.25, 0.3) is 50.7 Å². The highest BCUT2D eigenvalue weighted by molar-refractivity contribution is 5.74.